The summed E-state index contributed by atoms with van der Waals surface area (Å²) in [6.07, 6.45) is 3.41. The minimum atomic E-state index is -0.00310. The minimum absolute atomic E-state index is 0.00310. The summed E-state index contributed by atoms with van der Waals surface area (Å²) in [6, 6.07) is 9.88. The molecule has 2 rings (SSSR count). The van der Waals surface area contributed by atoms with Crippen molar-refractivity contribution in [2.24, 2.45) is 0 Å². The van der Waals surface area contributed by atoms with E-state index in [4.69, 9.17) is 16.3 Å². The predicted molar refractivity (Wildman–Crippen MR) is 77.8 cm³/mol. The first-order valence-electron chi connectivity index (χ1n) is 6.23. The van der Waals surface area contributed by atoms with Gasteiger partial charge in [0.1, 0.15) is 5.75 Å². The topological polar surface area (TPSA) is 34.2 Å². The largest absolute Gasteiger partial charge is 0.496 e. The van der Waals surface area contributed by atoms with Gasteiger partial charge < -0.3 is 10.1 Å². The molecule has 0 saturated carbocycles. The molecule has 1 aromatic carbocycles. The van der Waals surface area contributed by atoms with Crippen molar-refractivity contribution in [3.63, 3.8) is 0 Å². The van der Waals surface area contributed by atoms with Crippen molar-refractivity contribution in [3.05, 3.63) is 58.9 Å². The quantitative estimate of drug-likeness (QED) is 0.908. The molecular formula is C15H17ClN2O. The predicted octanol–water partition coefficient (Wildman–Crippen LogP) is 3.44. The molecule has 0 aliphatic carbocycles. The fraction of sp³-hybridized carbons (Fsp3) is 0.267. The number of ether oxygens (including phenoxy) is 1. The summed E-state index contributed by atoms with van der Waals surface area (Å²) in [5, 5.41) is 4.09. The smallest absolute Gasteiger partial charge is 0.123 e. The molecule has 0 saturated heterocycles. The number of hydrogen-bond acceptors (Lipinski definition) is 3. The van der Waals surface area contributed by atoms with Gasteiger partial charge in [-0.15, -0.1) is 0 Å². The highest BCUT2D eigenvalue weighted by Gasteiger charge is 2.19. The molecular weight excluding hydrogens is 260 g/mol. The number of pyridine rings is 1. The maximum absolute atomic E-state index is 6.26. The average molecular weight is 277 g/mol. The van der Waals surface area contributed by atoms with Gasteiger partial charge >= 0.3 is 0 Å². The van der Waals surface area contributed by atoms with E-state index in [1.54, 1.807) is 19.5 Å². The molecule has 0 amide bonds. The highest BCUT2D eigenvalue weighted by atomic mass is 35.5. The maximum atomic E-state index is 6.26. The van der Waals surface area contributed by atoms with E-state index < -0.39 is 0 Å². The second kappa shape index (κ2) is 6.55. The van der Waals surface area contributed by atoms with Crippen molar-refractivity contribution in [2.45, 2.75) is 13.0 Å². The molecule has 1 aromatic heterocycles. The van der Waals surface area contributed by atoms with Gasteiger partial charge in [0, 0.05) is 18.0 Å². The molecule has 0 aliphatic rings. The van der Waals surface area contributed by atoms with Gasteiger partial charge in [-0.3, -0.25) is 4.98 Å². The van der Waals surface area contributed by atoms with E-state index in [-0.39, 0.29) is 6.04 Å². The molecule has 0 fully saturated rings. The number of methoxy groups -OCH3 is 1. The average Bonchev–Trinajstić information content (AvgIpc) is 2.46. The van der Waals surface area contributed by atoms with Crippen LogP contribution in [0.4, 0.5) is 0 Å². The Morgan fingerprint density at radius 1 is 1.26 bits per heavy atom. The van der Waals surface area contributed by atoms with Crippen LogP contribution in [0.25, 0.3) is 0 Å². The van der Waals surface area contributed by atoms with Crippen molar-refractivity contribution in [2.75, 3.05) is 13.7 Å². The molecule has 0 aliphatic heterocycles. The van der Waals surface area contributed by atoms with Crippen molar-refractivity contribution in [3.8, 4) is 5.75 Å². The second-order valence-corrected chi connectivity index (χ2v) is 4.54. The van der Waals surface area contributed by atoms with E-state index in [0.717, 1.165) is 23.4 Å². The normalized spacial score (nSPS) is 12.2. The maximum Gasteiger partial charge on any atom is 0.123 e. The molecule has 0 spiro atoms. The number of benzene rings is 1. The Kier molecular flexibility index (Phi) is 4.77. The summed E-state index contributed by atoms with van der Waals surface area (Å²) in [7, 11) is 1.68. The van der Waals surface area contributed by atoms with Gasteiger partial charge in [0.15, 0.2) is 0 Å². The van der Waals surface area contributed by atoms with Crippen LogP contribution in [0.2, 0.25) is 5.02 Å². The van der Waals surface area contributed by atoms with E-state index in [9.17, 15) is 0 Å². The number of hydrogen-bond donors (Lipinski definition) is 1. The number of nitrogens with one attached hydrogen (secondary N) is 1. The van der Waals surface area contributed by atoms with Crippen molar-refractivity contribution < 1.29 is 4.74 Å². The molecule has 0 bridgehead atoms. The molecule has 19 heavy (non-hydrogen) atoms. The second-order valence-electron chi connectivity index (χ2n) is 4.13. The lowest BCUT2D eigenvalue weighted by molar-refractivity contribution is 0.404. The molecule has 1 atom stereocenters. The highest BCUT2D eigenvalue weighted by molar-refractivity contribution is 6.31. The lowest BCUT2D eigenvalue weighted by Crippen LogP contribution is -2.22. The van der Waals surface area contributed by atoms with Gasteiger partial charge in [0.05, 0.1) is 18.2 Å². The van der Waals surface area contributed by atoms with Crippen LogP contribution in [-0.4, -0.2) is 18.6 Å². The van der Waals surface area contributed by atoms with E-state index in [0.29, 0.717) is 5.02 Å². The van der Waals surface area contributed by atoms with Gasteiger partial charge in [-0.25, -0.2) is 0 Å². The first kappa shape index (κ1) is 13.8. The number of nitrogens with zero attached hydrogens (tertiary/aromatic N) is 1. The van der Waals surface area contributed by atoms with Gasteiger partial charge in [0.2, 0.25) is 0 Å². The SMILES string of the molecule is CCNC(c1ccncc1Cl)c1ccccc1OC. The van der Waals surface area contributed by atoms with Crippen LogP contribution in [0.15, 0.2) is 42.7 Å². The first-order chi connectivity index (χ1) is 9.27. The lowest BCUT2D eigenvalue weighted by Gasteiger charge is -2.21. The van der Waals surface area contributed by atoms with E-state index in [1.807, 2.05) is 30.3 Å². The molecule has 2 aromatic rings. The standard InChI is InChI=1S/C15H17ClN2O/c1-3-18-15(11-8-9-17-10-13(11)16)12-6-4-5-7-14(12)19-2/h4-10,15,18H,3H2,1-2H3. The third kappa shape index (κ3) is 3.06. The fourth-order valence-electron chi connectivity index (χ4n) is 2.12. The Hall–Kier alpha value is -1.58. The molecule has 1 heterocycles. The number of halogens is 1. The summed E-state index contributed by atoms with van der Waals surface area (Å²) in [5.41, 5.74) is 2.07. The zero-order valence-corrected chi connectivity index (χ0v) is 11.8. The Morgan fingerprint density at radius 3 is 2.74 bits per heavy atom. The van der Waals surface area contributed by atoms with Crippen LogP contribution < -0.4 is 10.1 Å². The van der Waals surface area contributed by atoms with Crippen LogP contribution in [0.1, 0.15) is 24.1 Å². The van der Waals surface area contributed by atoms with Crippen molar-refractivity contribution in [1.82, 2.24) is 10.3 Å². The Labute approximate surface area is 118 Å². The highest BCUT2D eigenvalue weighted by Crippen LogP contribution is 2.32. The monoisotopic (exact) mass is 276 g/mol. The first-order valence-corrected chi connectivity index (χ1v) is 6.61. The Morgan fingerprint density at radius 2 is 2.05 bits per heavy atom. The van der Waals surface area contributed by atoms with Crippen molar-refractivity contribution in [1.29, 1.82) is 0 Å². The summed E-state index contributed by atoms with van der Waals surface area (Å²) in [6.45, 7) is 2.90. The van der Waals surface area contributed by atoms with Gasteiger partial charge in [0.25, 0.3) is 0 Å². The summed E-state index contributed by atoms with van der Waals surface area (Å²) < 4.78 is 5.44. The number of rotatable bonds is 5. The Balaban J connectivity index is 2.49. The molecule has 0 radical (unpaired) electrons. The minimum Gasteiger partial charge on any atom is -0.496 e. The van der Waals surface area contributed by atoms with Crippen molar-refractivity contribution >= 4 is 11.6 Å². The number of aromatic nitrogens is 1. The van der Waals surface area contributed by atoms with Gasteiger partial charge in [-0.1, -0.05) is 36.7 Å². The molecule has 100 valence electrons. The van der Waals surface area contributed by atoms with Crippen LogP contribution in [0, 0.1) is 0 Å². The molecule has 4 heteroatoms. The lowest BCUT2D eigenvalue weighted by atomic mass is 9.98. The van der Waals surface area contributed by atoms with Crippen LogP contribution in [-0.2, 0) is 0 Å². The molecule has 1 unspecified atom stereocenters. The number of para-hydroxylation sites is 1. The van der Waals surface area contributed by atoms with E-state index >= 15 is 0 Å². The van der Waals surface area contributed by atoms with Crippen LogP contribution in [0.5, 0.6) is 5.75 Å². The van der Waals surface area contributed by atoms with Crippen LogP contribution >= 0.6 is 11.6 Å². The zero-order valence-electron chi connectivity index (χ0n) is 11.1. The van der Waals surface area contributed by atoms with E-state index in [1.165, 1.54) is 0 Å². The fourth-order valence-corrected chi connectivity index (χ4v) is 2.34. The van der Waals surface area contributed by atoms with Crippen LogP contribution in [0.3, 0.4) is 0 Å². The zero-order chi connectivity index (χ0) is 13.7. The van der Waals surface area contributed by atoms with E-state index in [2.05, 4.69) is 17.2 Å². The molecule has 1 N–H and O–H groups in total. The summed E-state index contributed by atoms with van der Waals surface area (Å²) in [4.78, 5) is 4.03. The third-order valence-corrected chi connectivity index (χ3v) is 3.29. The van der Waals surface area contributed by atoms with Gasteiger partial charge in [-0.2, -0.15) is 0 Å². The van der Waals surface area contributed by atoms with Gasteiger partial charge in [-0.05, 0) is 24.2 Å². The third-order valence-electron chi connectivity index (χ3n) is 2.97. The summed E-state index contributed by atoms with van der Waals surface area (Å²) in [5.74, 6) is 0.848. The molecule has 3 nitrogen and oxygen atoms in total. The Bertz CT molecular complexity index is 545. The summed E-state index contributed by atoms with van der Waals surface area (Å²) >= 11 is 6.26.